The summed E-state index contributed by atoms with van der Waals surface area (Å²) in [4.78, 5) is 11.4. The molecule has 5 nitrogen and oxygen atoms in total. The molecule has 1 aromatic carbocycles. The summed E-state index contributed by atoms with van der Waals surface area (Å²) in [5.41, 5.74) is 1.58. The van der Waals surface area contributed by atoms with Crippen LogP contribution in [-0.2, 0) is 20.8 Å². The molecule has 0 saturated carbocycles. The van der Waals surface area contributed by atoms with E-state index >= 15 is 0 Å². The van der Waals surface area contributed by atoms with E-state index in [0.29, 0.717) is 29.9 Å². The highest BCUT2D eigenvalue weighted by Crippen LogP contribution is 2.25. The lowest BCUT2D eigenvalue weighted by Gasteiger charge is -2.10. The number of methoxy groups -OCH3 is 2. The summed E-state index contributed by atoms with van der Waals surface area (Å²) in [5, 5.41) is 9.87. The van der Waals surface area contributed by atoms with Gasteiger partial charge < -0.3 is 19.3 Å². The van der Waals surface area contributed by atoms with Gasteiger partial charge in [-0.3, -0.25) is 0 Å². The van der Waals surface area contributed by atoms with Crippen molar-refractivity contribution in [2.24, 2.45) is 0 Å². The first-order chi connectivity index (χ1) is 8.60. The standard InChI is InChI=1S/C13H18O5/c1-9-6-10(13(15)17-3)7-11(12(9)14)8-18-5-4-16-2/h6-7,14H,4-5,8H2,1-3H3. The highest BCUT2D eigenvalue weighted by Gasteiger charge is 2.12. The van der Waals surface area contributed by atoms with Crippen LogP contribution in [0.1, 0.15) is 21.5 Å². The van der Waals surface area contributed by atoms with Gasteiger partial charge in [-0.2, -0.15) is 0 Å². The number of hydrogen-bond donors (Lipinski definition) is 1. The second kappa shape index (κ2) is 6.98. The van der Waals surface area contributed by atoms with Crippen LogP contribution in [0.2, 0.25) is 0 Å². The van der Waals surface area contributed by atoms with Gasteiger partial charge in [0.2, 0.25) is 0 Å². The average molecular weight is 254 g/mol. The summed E-state index contributed by atoms with van der Waals surface area (Å²) in [5.74, 6) is -0.295. The van der Waals surface area contributed by atoms with Gasteiger partial charge in [-0.05, 0) is 24.6 Å². The molecule has 0 saturated heterocycles. The van der Waals surface area contributed by atoms with E-state index in [4.69, 9.17) is 9.47 Å². The molecule has 0 radical (unpaired) electrons. The zero-order valence-corrected chi connectivity index (χ0v) is 10.9. The first kappa shape index (κ1) is 14.5. The molecule has 100 valence electrons. The number of carbonyl (C=O) groups is 1. The van der Waals surface area contributed by atoms with Crippen LogP contribution >= 0.6 is 0 Å². The Hall–Kier alpha value is -1.59. The SMILES string of the molecule is COCCOCc1cc(C(=O)OC)cc(C)c1O. The van der Waals surface area contributed by atoms with Crippen LogP contribution in [0.5, 0.6) is 5.75 Å². The molecule has 18 heavy (non-hydrogen) atoms. The number of hydrogen-bond acceptors (Lipinski definition) is 5. The summed E-state index contributed by atoms with van der Waals surface area (Å²) in [6.45, 7) is 2.86. The second-order valence-corrected chi connectivity index (χ2v) is 3.84. The Kier molecular flexibility index (Phi) is 5.61. The number of benzene rings is 1. The van der Waals surface area contributed by atoms with E-state index < -0.39 is 5.97 Å². The maximum absolute atomic E-state index is 11.4. The number of aryl methyl sites for hydroxylation is 1. The maximum atomic E-state index is 11.4. The number of esters is 1. The van der Waals surface area contributed by atoms with Gasteiger partial charge in [-0.15, -0.1) is 0 Å². The third kappa shape index (κ3) is 3.72. The van der Waals surface area contributed by atoms with Crippen LogP contribution in [-0.4, -0.2) is 38.5 Å². The Balaban J connectivity index is 2.82. The largest absolute Gasteiger partial charge is 0.507 e. The van der Waals surface area contributed by atoms with Gasteiger partial charge in [0.05, 0.1) is 32.5 Å². The number of ether oxygens (including phenoxy) is 3. The van der Waals surface area contributed by atoms with E-state index in [1.165, 1.54) is 7.11 Å². The molecular formula is C13H18O5. The van der Waals surface area contributed by atoms with Crippen molar-refractivity contribution in [3.63, 3.8) is 0 Å². The van der Waals surface area contributed by atoms with Gasteiger partial charge in [0, 0.05) is 12.7 Å². The van der Waals surface area contributed by atoms with E-state index in [1.54, 1.807) is 26.2 Å². The first-order valence-electron chi connectivity index (χ1n) is 5.57. The fraction of sp³-hybridized carbons (Fsp3) is 0.462. The fourth-order valence-electron chi connectivity index (χ4n) is 1.52. The molecule has 0 heterocycles. The van der Waals surface area contributed by atoms with Crippen molar-refractivity contribution in [3.05, 3.63) is 28.8 Å². The summed E-state index contributed by atoms with van der Waals surface area (Å²) in [7, 11) is 2.90. The number of rotatable bonds is 6. The zero-order chi connectivity index (χ0) is 13.5. The van der Waals surface area contributed by atoms with E-state index in [0.717, 1.165) is 0 Å². The molecule has 0 atom stereocenters. The summed E-state index contributed by atoms with van der Waals surface area (Å²) < 4.78 is 14.8. The lowest BCUT2D eigenvalue weighted by Crippen LogP contribution is -2.06. The van der Waals surface area contributed by atoms with Gasteiger partial charge in [-0.25, -0.2) is 4.79 Å². The molecule has 0 amide bonds. The smallest absolute Gasteiger partial charge is 0.337 e. The average Bonchev–Trinajstić information content (AvgIpc) is 2.38. The Morgan fingerprint density at radius 3 is 2.61 bits per heavy atom. The molecule has 1 aromatic rings. The highest BCUT2D eigenvalue weighted by atomic mass is 16.5. The molecule has 0 aliphatic rings. The van der Waals surface area contributed by atoms with E-state index in [2.05, 4.69) is 4.74 Å². The number of phenols is 1. The summed E-state index contributed by atoms with van der Waals surface area (Å²) >= 11 is 0. The van der Waals surface area contributed by atoms with Gasteiger partial charge >= 0.3 is 5.97 Å². The van der Waals surface area contributed by atoms with Crippen LogP contribution in [0.4, 0.5) is 0 Å². The van der Waals surface area contributed by atoms with Crippen molar-refractivity contribution in [3.8, 4) is 5.75 Å². The van der Waals surface area contributed by atoms with Gasteiger partial charge in [0.1, 0.15) is 5.75 Å². The number of carbonyl (C=O) groups excluding carboxylic acids is 1. The van der Waals surface area contributed by atoms with Gasteiger partial charge in [0.25, 0.3) is 0 Å². The third-order valence-electron chi connectivity index (χ3n) is 2.49. The molecule has 0 bridgehead atoms. The molecule has 5 heteroatoms. The fourth-order valence-corrected chi connectivity index (χ4v) is 1.52. The van der Waals surface area contributed by atoms with Crippen LogP contribution in [0, 0.1) is 6.92 Å². The Morgan fingerprint density at radius 1 is 1.28 bits per heavy atom. The van der Waals surface area contributed by atoms with Crippen LogP contribution in [0.25, 0.3) is 0 Å². The quantitative estimate of drug-likeness (QED) is 0.617. The molecule has 0 aromatic heterocycles. The maximum Gasteiger partial charge on any atom is 0.337 e. The molecule has 0 spiro atoms. The predicted octanol–water partition coefficient (Wildman–Crippen LogP) is 1.65. The van der Waals surface area contributed by atoms with Crippen LogP contribution < -0.4 is 0 Å². The highest BCUT2D eigenvalue weighted by molar-refractivity contribution is 5.90. The lowest BCUT2D eigenvalue weighted by atomic mass is 10.1. The normalized spacial score (nSPS) is 10.4. The Bertz CT molecular complexity index is 414. The number of phenolic OH excluding ortho intramolecular Hbond substituents is 1. The molecular weight excluding hydrogens is 236 g/mol. The van der Waals surface area contributed by atoms with E-state index in [1.807, 2.05) is 0 Å². The Labute approximate surface area is 106 Å². The molecule has 0 fully saturated rings. The van der Waals surface area contributed by atoms with Crippen LogP contribution in [0.3, 0.4) is 0 Å². The van der Waals surface area contributed by atoms with Gasteiger partial charge in [-0.1, -0.05) is 0 Å². The zero-order valence-electron chi connectivity index (χ0n) is 10.9. The molecule has 0 unspecified atom stereocenters. The molecule has 0 aliphatic heterocycles. The summed E-state index contributed by atoms with van der Waals surface area (Å²) in [6, 6.07) is 3.15. The van der Waals surface area contributed by atoms with Crippen molar-refractivity contribution >= 4 is 5.97 Å². The third-order valence-corrected chi connectivity index (χ3v) is 2.49. The molecule has 0 aliphatic carbocycles. The minimum atomic E-state index is -0.434. The van der Waals surface area contributed by atoms with Crippen molar-refractivity contribution in [2.75, 3.05) is 27.4 Å². The Morgan fingerprint density at radius 2 is 2.00 bits per heavy atom. The predicted molar refractivity (Wildman–Crippen MR) is 65.7 cm³/mol. The van der Waals surface area contributed by atoms with Crippen LogP contribution in [0.15, 0.2) is 12.1 Å². The minimum Gasteiger partial charge on any atom is -0.507 e. The van der Waals surface area contributed by atoms with Crippen molar-refractivity contribution < 1.29 is 24.1 Å². The van der Waals surface area contributed by atoms with Crippen molar-refractivity contribution in [1.82, 2.24) is 0 Å². The first-order valence-corrected chi connectivity index (χ1v) is 5.57. The summed E-state index contributed by atoms with van der Waals surface area (Å²) in [6.07, 6.45) is 0. The van der Waals surface area contributed by atoms with Crippen molar-refractivity contribution in [1.29, 1.82) is 0 Å². The minimum absolute atomic E-state index is 0.139. The lowest BCUT2D eigenvalue weighted by molar-refractivity contribution is 0.0588. The molecule has 1 N–H and O–H groups in total. The second-order valence-electron chi connectivity index (χ2n) is 3.84. The van der Waals surface area contributed by atoms with E-state index in [9.17, 15) is 9.90 Å². The van der Waals surface area contributed by atoms with Crippen molar-refractivity contribution in [2.45, 2.75) is 13.5 Å². The topological polar surface area (TPSA) is 65.0 Å². The van der Waals surface area contributed by atoms with Gasteiger partial charge in [0.15, 0.2) is 0 Å². The monoisotopic (exact) mass is 254 g/mol. The number of aromatic hydroxyl groups is 1. The molecule has 1 rings (SSSR count). The van der Waals surface area contributed by atoms with E-state index in [-0.39, 0.29) is 12.4 Å².